The second kappa shape index (κ2) is 3.60. The van der Waals surface area contributed by atoms with Crippen molar-refractivity contribution in [2.45, 2.75) is 37.5 Å². The van der Waals surface area contributed by atoms with Gasteiger partial charge in [0.2, 0.25) is 11.8 Å². The maximum atomic E-state index is 12.8. The van der Waals surface area contributed by atoms with Gasteiger partial charge in [0.15, 0.2) is 0 Å². The van der Waals surface area contributed by atoms with Gasteiger partial charge in [-0.05, 0) is 0 Å². The molecular weight excluding hydrogens is 226 g/mol. The molecule has 1 saturated heterocycles. The Bertz CT molecular complexity index is 287. The molecule has 0 N–H and O–H groups in total. The van der Waals surface area contributed by atoms with E-state index in [9.17, 15) is 22.4 Å². The second-order valence-corrected chi connectivity index (χ2v) is 4.64. The van der Waals surface area contributed by atoms with Crippen LogP contribution in [-0.2, 0) is 4.79 Å². The van der Waals surface area contributed by atoms with Gasteiger partial charge in [-0.25, -0.2) is 17.6 Å². The Labute approximate surface area is 90.6 Å². The summed E-state index contributed by atoms with van der Waals surface area (Å²) in [6, 6.07) is 0. The summed E-state index contributed by atoms with van der Waals surface area (Å²) in [6.07, 6.45) is -1.58. The van der Waals surface area contributed by atoms with E-state index in [0.717, 1.165) is 0 Å². The first kappa shape index (κ1) is 11.7. The molecule has 0 atom stereocenters. The Morgan fingerprint density at radius 2 is 1.50 bits per heavy atom. The Kier molecular flexibility index (Phi) is 2.62. The van der Waals surface area contributed by atoms with Gasteiger partial charge in [0.25, 0.3) is 5.92 Å². The van der Waals surface area contributed by atoms with Gasteiger partial charge in [0, 0.05) is 44.7 Å². The average molecular weight is 239 g/mol. The van der Waals surface area contributed by atoms with Crippen molar-refractivity contribution in [2.24, 2.45) is 5.92 Å². The highest BCUT2D eigenvalue weighted by Crippen LogP contribution is 2.43. The van der Waals surface area contributed by atoms with Crippen LogP contribution >= 0.6 is 0 Å². The van der Waals surface area contributed by atoms with Crippen LogP contribution in [0.5, 0.6) is 0 Å². The number of hydrogen-bond donors (Lipinski definition) is 0. The maximum Gasteiger partial charge on any atom is 0.251 e. The fraction of sp³-hybridized carbons (Fsp3) is 0.900. The summed E-state index contributed by atoms with van der Waals surface area (Å²) in [7, 11) is 0. The van der Waals surface area contributed by atoms with Crippen LogP contribution in [0.25, 0.3) is 0 Å². The fourth-order valence-electron chi connectivity index (χ4n) is 2.15. The first-order chi connectivity index (χ1) is 7.29. The minimum absolute atomic E-state index is 0.0199. The lowest BCUT2D eigenvalue weighted by atomic mass is 9.80. The smallest absolute Gasteiger partial charge is 0.251 e. The molecule has 0 unspecified atom stereocenters. The molecule has 0 aromatic heterocycles. The first-order valence-electron chi connectivity index (χ1n) is 5.34. The molecule has 2 nitrogen and oxygen atoms in total. The van der Waals surface area contributed by atoms with E-state index < -0.39 is 30.6 Å². The van der Waals surface area contributed by atoms with Crippen molar-refractivity contribution in [3.05, 3.63) is 0 Å². The van der Waals surface area contributed by atoms with Crippen LogP contribution in [0.2, 0.25) is 0 Å². The lowest BCUT2D eigenvalue weighted by Gasteiger charge is -2.39. The Morgan fingerprint density at radius 1 is 1.00 bits per heavy atom. The van der Waals surface area contributed by atoms with Gasteiger partial charge < -0.3 is 4.90 Å². The van der Waals surface area contributed by atoms with Crippen molar-refractivity contribution in [1.82, 2.24) is 4.90 Å². The summed E-state index contributed by atoms with van der Waals surface area (Å²) in [5, 5.41) is 0. The molecule has 0 spiro atoms. The number of hydrogen-bond acceptors (Lipinski definition) is 1. The van der Waals surface area contributed by atoms with Crippen molar-refractivity contribution in [3.8, 4) is 0 Å². The third-order valence-electron chi connectivity index (χ3n) is 3.25. The molecule has 2 rings (SSSR count). The normalized spacial score (nSPS) is 28.6. The maximum absolute atomic E-state index is 12.8. The fourth-order valence-corrected chi connectivity index (χ4v) is 2.15. The molecule has 1 aliphatic heterocycles. The zero-order valence-electron chi connectivity index (χ0n) is 8.69. The second-order valence-electron chi connectivity index (χ2n) is 4.64. The lowest BCUT2D eigenvalue weighted by molar-refractivity contribution is -0.164. The molecule has 2 aliphatic rings. The van der Waals surface area contributed by atoms with Gasteiger partial charge in [0.1, 0.15) is 0 Å². The number of carbonyl (C=O) groups is 1. The summed E-state index contributed by atoms with van der Waals surface area (Å²) < 4.78 is 50.7. The summed E-state index contributed by atoms with van der Waals surface area (Å²) in [5.41, 5.74) is 0. The highest BCUT2D eigenvalue weighted by Gasteiger charge is 2.50. The average Bonchev–Trinajstić information content (AvgIpc) is 2.13. The molecule has 1 heterocycles. The van der Waals surface area contributed by atoms with E-state index in [1.54, 1.807) is 0 Å². The lowest BCUT2D eigenvalue weighted by Crippen LogP contribution is -2.50. The molecule has 0 bridgehead atoms. The zero-order chi connectivity index (χ0) is 12.0. The van der Waals surface area contributed by atoms with Crippen LogP contribution in [-0.4, -0.2) is 35.7 Å². The van der Waals surface area contributed by atoms with Crippen molar-refractivity contribution < 1.29 is 22.4 Å². The van der Waals surface area contributed by atoms with Gasteiger partial charge in [-0.3, -0.25) is 4.79 Å². The van der Waals surface area contributed by atoms with Crippen LogP contribution in [0.4, 0.5) is 17.6 Å². The quantitative estimate of drug-likeness (QED) is 0.643. The zero-order valence-corrected chi connectivity index (χ0v) is 8.69. The number of alkyl halides is 4. The summed E-state index contributed by atoms with van der Waals surface area (Å²) >= 11 is 0. The third kappa shape index (κ3) is 2.30. The number of carbonyl (C=O) groups excluding carboxylic acids is 1. The standard InChI is InChI=1S/C10H13F4NO/c11-9(12)1-3-15(4-2-9)8(16)7-5-10(13,14)6-7/h7H,1-6H2. The van der Waals surface area contributed by atoms with Crippen molar-refractivity contribution in [3.63, 3.8) is 0 Å². The van der Waals surface area contributed by atoms with E-state index in [2.05, 4.69) is 0 Å². The minimum atomic E-state index is -2.74. The van der Waals surface area contributed by atoms with Gasteiger partial charge in [-0.1, -0.05) is 0 Å². The van der Waals surface area contributed by atoms with Crippen LogP contribution in [0, 0.1) is 5.92 Å². The van der Waals surface area contributed by atoms with E-state index in [1.165, 1.54) is 4.90 Å². The monoisotopic (exact) mass is 239 g/mol. The number of likely N-dealkylation sites (tertiary alicyclic amines) is 1. The minimum Gasteiger partial charge on any atom is -0.342 e. The summed E-state index contributed by atoms with van der Waals surface area (Å²) in [6.45, 7) is -0.0399. The molecule has 1 amide bonds. The number of nitrogens with zero attached hydrogens (tertiary/aromatic N) is 1. The summed E-state index contributed by atoms with van der Waals surface area (Å²) in [4.78, 5) is 12.9. The van der Waals surface area contributed by atoms with Crippen molar-refractivity contribution >= 4 is 5.91 Å². The molecule has 2 fully saturated rings. The Hall–Kier alpha value is -0.810. The highest BCUT2D eigenvalue weighted by atomic mass is 19.3. The number of rotatable bonds is 1. The predicted octanol–water partition coefficient (Wildman–Crippen LogP) is 2.29. The molecule has 6 heteroatoms. The van der Waals surface area contributed by atoms with Gasteiger partial charge in [0.05, 0.1) is 0 Å². The predicted molar refractivity (Wildman–Crippen MR) is 48.4 cm³/mol. The van der Waals surface area contributed by atoms with E-state index in [4.69, 9.17) is 0 Å². The van der Waals surface area contributed by atoms with Crippen LogP contribution in [0.3, 0.4) is 0 Å². The van der Waals surface area contributed by atoms with Gasteiger partial charge in [-0.15, -0.1) is 0 Å². The molecule has 1 saturated carbocycles. The van der Waals surface area contributed by atoms with E-state index in [-0.39, 0.29) is 31.8 Å². The molecular formula is C10H13F4NO. The van der Waals surface area contributed by atoms with E-state index in [1.807, 2.05) is 0 Å². The van der Waals surface area contributed by atoms with Crippen LogP contribution in [0.1, 0.15) is 25.7 Å². The van der Waals surface area contributed by atoms with Gasteiger partial charge in [-0.2, -0.15) is 0 Å². The Balaban J connectivity index is 1.84. The third-order valence-corrected chi connectivity index (χ3v) is 3.25. The molecule has 1 aliphatic carbocycles. The highest BCUT2D eigenvalue weighted by molar-refractivity contribution is 5.80. The van der Waals surface area contributed by atoms with Crippen LogP contribution < -0.4 is 0 Å². The number of piperidine rings is 1. The topological polar surface area (TPSA) is 20.3 Å². The molecule has 16 heavy (non-hydrogen) atoms. The number of halogens is 4. The van der Waals surface area contributed by atoms with Gasteiger partial charge >= 0.3 is 0 Å². The molecule has 0 aromatic rings. The van der Waals surface area contributed by atoms with Crippen LogP contribution in [0.15, 0.2) is 0 Å². The summed E-state index contributed by atoms with van der Waals surface area (Å²) in [5.74, 6) is -6.50. The molecule has 0 radical (unpaired) electrons. The Morgan fingerprint density at radius 3 is 1.94 bits per heavy atom. The van der Waals surface area contributed by atoms with Crippen molar-refractivity contribution in [2.75, 3.05) is 13.1 Å². The molecule has 92 valence electrons. The van der Waals surface area contributed by atoms with E-state index >= 15 is 0 Å². The molecule has 0 aromatic carbocycles. The van der Waals surface area contributed by atoms with E-state index in [0.29, 0.717) is 0 Å². The first-order valence-corrected chi connectivity index (χ1v) is 5.34. The largest absolute Gasteiger partial charge is 0.342 e. The number of amides is 1. The SMILES string of the molecule is O=C(C1CC(F)(F)C1)N1CCC(F)(F)CC1. The van der Waals surface area contributed by atoms with Crippen molar-refractivity contribution in [1.29, 1.82) is 0 Å².